The Morgan fingerprint density at radius 2 is 1.76 bits per heavy atom. The summed E-state index contributed by atoms with van der Waals surface area (Å²) in [6.07, 6.45) is 5.75. The number of rotatable bonds is 6. The molecule has 1 aromatic carbocycles. The van der Waals surface area contributed by atoms with Crippen molar-refractivity contribution in [1.82, 2.24) is 5.32 Å². The summed E-state index contributed by atoms with van der Waals surface area (Å²) >= 11 is 0. The molecule has 1 heterocycles. The summed E-state index contributed by atoms with van der Waals surface area (Å²) in [5, 5.41) is 3.23. The van der Waals surface area contributed by atoms with Crippen LogP contribution >= 0.6 is 0 Å². The van der Waals surface area contributed by atoms with Gasteiger partial charge in [-0.05, 0) is 24.6 Å². The van der Waals surface area contributed by atoms with Crippen molar-refractivity contribution < 1.29 is 4.42 Å². The van der Waals surface area contributed by atoms with Crippen molar-refractivity contribution in [1.29, 1.82) is 0 Å². The summed E-state index contributed by atoms with van der Waals surface area (Å²) < 4.78 is 5.24. The molecule has 2 nitrogen and oxygen atoms in total. The lowest BCUT2D eigenvalue weighted by Gasteiger charge is -2.08. The van der Waals surface area contributed by atoms with Crippen molar-refractivity contribution in [3.8, 4) is 0 Å². The molecule has 0 amide bonds. The smallest absolute Gasteiger partial charge is 0.122 e. The van der Waals surface area contributed by atoms with Crippen LogP contribution in [0.25, 0.3) is 5.70 Å². The Kier molecular flexibility index (Phi) is 8.03. The first-order chi connectivity index (χ1) is 10.2. The van der Waals surface area contributed by atoms with Crippen LogP contribution in [-0.2, 0) is 6.54 Å². The number of unbranched alkanes of at least 4 members (excludes halogenated alkanes) is 2. The van der Waals surface area contributed by atoms with Gasteiger partial charge in [0, 0.05) is 5.70 Å². The van der Waals surface area contributed by atoms with Crippen LogP contribution in [-0.4, -0.2) is 0 Å². The molecule has 0 aliphatic heterocycles. The van der Waals surface area contributed by atoms with Gasteiger partial charge in [-0.3, -0.25) is 0 Å². The molecule has 21 heavy (non-hydrogen) atoms. The van der Waals surface area contributed by atoms with Crippen LogP contribution < -0.4 is 5.32 Å². The molecule has 1 aromatic heterocycles. The lowest BCUT2D eigenvalue weighted by molar-refractivity contribution is 0.501. The predicted octanol–water partition coefficient (Wildman–Crippen LogP) is 5.55. The Hall–Kier alpha value is -1.96. The summed E-state index contributed by atoms with van der Waals surface area (Å²) in [4.78, 5) is 0. The molecule has 0 fully saturated rings. The molecule has 2 aromatic rings. The van der Waals surface area contributed by atoms with Crippen molar-refractivity contribution >= 4 is 5.70 Å². The van der Waals surface area contributed by atoms with E-state index in [9.17, 15) is 0 Å². The largest absolute Gasteiger partial charge is 0.467 e. The number of furan rings is 1. The topological polar surface area (TPSA) is 25.2 Å². The normalized spacial score (nSPS) is 9.67. The Labute approximate surface area is 128 Å². The van der Waals surface area contributed by atoms with Gasteiger partial charge in [0.1, 0.15) is 5.76 Å². The summed E-state index contributed by atoms with van der Waals surface area (Å²) in [7, 11) is 0. The Bertz CT molecular complexity index is 495. The van der Waals surface area contributed by atoms with Gasteiger partial charge in [-0.1, -0.05) is 69.5 Å². The summed E-state index contributed by atoms with van der Waals surface area (Å²) in [6, 6.07) is 12.1. The molecule has 0 saturated carbocycles. The zero-order chi connectivity index (χ0) is 15.5. The molecular formula is C19H27NO. The van der Waals surface area contributed by atoms with E-state index in [1.807, 2.05) is 12.1 Å². The van der Waals surface area contributed by atoms with Crippen LogP contribution in [0.3, 0.4) is 0 Å². The standard InChI is InChI=1S/C14H15NO.C5H12/c1-11-5-7-13(8-6-11)12(2)15-10-14-4-3-9-16-14;1-3-5-4-2/h3-9,15H,2,10H2,1H3;3-5H2,1-2H3. The molecule has 0 aliphatic rings. The first-order valence-corrected chi connectivity index (χ1v) is 7.69. The van der Waals surface area contributed by atoms with E-state index in [1.54, 1.807) is 6.26 Å². The van der Waals surface area contributed by atoms with Gasteiger partial charge in [-0.15, -0.1) is 0 Å². The van der Waals surface area contributed by atoms with Gasteiger partial charge >= 0.3 is 0 Å². The first-order valence-electron chi connectivity index (χ1n) is 7.69. The minimum Gasteiger partial charge on any atom is -0.467 e. The van der Waals surface area contributed by atoms with Crippen LogP contribution in [0.15, 0.2) is 53.7 Å². The number of hydrogen-bond acceptors (Lipinski definition) is 2. The van der Waals surface area contributed by atoms with Gasteiger partial charge in [-0.2, -0.15) is 0 Å². The molecule has 1 N–H and O–H groups in total. The average molecular weight is 285 g/mol. The van der Waals surface area contributed by atoms with E-state index >= 15 is 0 Å². The van der Waals surface area contributed by atoms with Crippen LogP contribution in [0.5, 0.6) is 0 Å². The van der Waals surface area contributed by atoms with Gasteiger partial charge in [0.15, 0.2) is 0 Å². The quantitative estimate of drug-likeness (QED) is 0.753. The molecule has 0 radical (unpaired) electrons. The highest BCUT2D eigenvalue weighted by molar-refractivity contribution is 5.61. The minimum absolute atomic E-state index is 0.666. The second kappa shape index (κ2) is 9.87. The zero-order valence-corrected chi connectivity index (χ0v) is 13.5. The maximum absolute atomic E-state index is 5.24. The number of aryl methyl sites for hydroxylation is 1. The fourth-order valence-corrected chi connectivity index (χ4v) is 1.82. The van der Waals surface area contributed by atoms with Gasteiger partial charge in [0.25, 0.3) is 0 Å². The first kappa shape index (κ1) is 17.1. The van der Waals surface area contributed by atoms with Crippen LogP contribution in [0.2, 0.25) is 0 Å². The van der Waals surface area contributed by atoms with E-state index in [-0.39, 0.29) is 0 Å². The molecular weight excluding hydrogens is 258 g/mol. The van der Waals surface area contributed by atoms with E-state index in [4.69, 9.17) is 4.42 Å². The second-order valence-corrected chi connectivity index (χ2v) is 5.13. The Balaban J connectivity index is 0.000000383. The molecule has 114 valence electrons. The van der Waals surface area contributed by atoms with E-state index < -0.39 is 0 Å². The van der Waals surface area contributed by atoms with E-state index in [2.05, 4.69) is 56.9 Å². The molecule has 0 atom stereocenters. The SMILES string of the molecule is C=C(NCc1ccco1)c1ccc(C)cc1.CCCCC. The van der Waals surface area contributed by atoms with E-state index in [1.165, 1.54) is 24.8 Å². The molecule has 2 rings (SSSR count). The van der Waals surface area contributed by atoms with Crippen molar-refractivity contribution in [3.05, 3.63) is 66.1 Å². The van der Waals surface area contributed by atoms with Gasteiger partial charge in [0.2, 0.25) is 0 Å². The summed E-state index contributed by atoms with van der Waals surface area (Å²) in [5.74, 6) is 0.910. The van der Waals surface area contributed by atoms with Crippen LogP contribution in [0.1, 0.15) is 50.0 Å². The van der Waals surface area contributed by atoms with E-state index in [0.717, 1.165) is 17.0 Å². The van der Waals surface area contributed by atoms with Crippen molar-refractivity contribution in [2.45, 2.75) is 46.6 Å². The maximum atomic E-state index is 5.24. The monoisotopic (exact) mass is 285 g/mol. The average Bonchev–Trinajstić information content (AvgIpc) is 3.00. The molecule has 0 spiro atoms. The van der Waals surface area contributed by atoms with Crippen LogP contribution in [0, 0.1) is 6.92 Å². The third kappa shape index (κ3) is 6.84. The third-order valence-electron chi connectivity index (χ3n) is 3.16. The second-order valence-electron chi connectivity index (χ2n) is 5.13. The van der Waals surface area contributed by atoms with Gasteiger partial charge in [0.05, 0.1) is 12.8 Å². The molecule has 0 aliphatic carbocycles. The maximum Gasteiger partial charge on any atom is 0.122 e. The van der Waals surface area contributed by atoms with Crippen molar-refractivity contribution in [2.75, 3.05) is 0 Å². The molecule has 0 saturated heterocycles. The Morgan fingerprint density at radius 3 is 2.24 bits per heavy atom. The minimum atomic E-state index is 0.666. The van der Waals surface area contributed by atoms with Gasteiger partial charge < -0.3 is 9.73 Å². The van der Waals surface area contributed by atoms with Gasteiger partial charge in [-0.25, -0.2) is 0 Å². The lowest BCUT2D eigenvalue weighted by Crippen LogP contribution is -2.10. The molecule has 2 heteroatoms. The Morgan fingerprint density at radius 1 is 1.10 bits per heavy atom. The number of benzene rings is 1. The number of hydrogen-bond donors (Lipinski definition) is 1. The predicted molar refractivity (Wildman–Crippen MR) is 91.0 cm³/mol. The third-order valence-corrected chi connectivity index (χ3v) is 3.16. The van der Waals surface area contributed by atoms with Crippen LogP contribution in [0.4, 0.5) is 0 Å². The highest BCUT2D eigenvalue weighted by Crippen LogP contribution is 2.11. The summed E-state index contributed by atoms with van der Waals surface area (Å²) in [6.45, 7) is 11.2. The fraction of sp³-hybridized carbons (Fsp3) is 0.368. The van der Waals surface area contributed by atoms with Crippen molar-refractivity contribution in [3.63, 3.8) is 0 Å². The van der Waals surface area contributed by atoms with E-state index in [0.29, 0.717) is 6.54 Å². The highest BCUT2D eigenvalue weighted by Gasteiger charge is 1.99. The van der Waals surface area contributed by atoms with Crippen molar-refractivity contribution in [2.24, 2.45) is 0 Å². The number of nitrogens with one attached hydrogen (secondary N) is 1. The fourth-order valence-electron chi connectivity index (χ4n) is 1.82. The summed E-state index contributed by atoms with van der Waals surface area (Å²) in [5.41, 5.74) is 3.27. The highest BCUT2D eigenvalue weighted by atomic mass is 16.3. The molecule has 0 unspecified atom stereocenters. The molecule has 0 bridgehead atoms. The lowest BCUT2D eigenvalue weighted by atomic mass is 10.1. The zero-order valence-electron chi connectivity index (χ0n) is 13.5.